The first-order valence-corrected chi connectivity index (χ1v) is 5.78. The normalized spacial score (nSPS) is 10.8. The van der Waals surface area contributed by atoms with E-state index < -0.39 is 0 Å². The highest BCUT2D eigenvalue weighted by Crippen LogP contribution is 2.24. The van der Waals surface area contributed by atoms with Gasteiger partial charge in [0.05, 0.1) is 0 Å². The highest BCUT2D eigenvalue weighted by Gasteiger charge is 2.08. The van der Waals surface area contributed by atoms with Crippen LogP contribution in [0.4, 0.5) is 5.69 Å². The van der Waals surface area contributed by atoms with Crippen molar-refractivity contribution in [3.63, 3.8) is 0 Å². The zero-order valence-electron chi connectivity index (χ0n) is 10.3. The van der Waals surface area contributed by atoms with Crippen LogP contribution in [0.3, 0.4) is 0 Å². The van der Waals surface area contributed by atoms with Gasteiger partial charge in [-0.2, -0.15) is 4.98 Å². The molecule has 2 aromatic heterocycles. The molecule has 18 heavy (non-hydrogen) atoms. The molecule has 0 aliphatic rings. The number of hydrogen-bond acceptors (Lipinski definition) is 4. The predicted molar refractivity (Wildman–Crippen MR) is 71.5 cm³/mol. The Kier molecular flexibility index (Phi) is 2.48. The topological polar surface area (TPSA) is 51.0 Å². The molecule has 1 N–H and O–H groups in total. The summed E-state index contributed by atoms with van der Waals surface area (Å²) in [5.74, 6) is 0.603. The molecule has 3 aromatic rings. The van der Waals surface area contributed by atoms with E-state index in [-0.39, 0.29) is 0 Å². The molecule has 0 saturated heterocycles. The summed E-state index contributed by atoms with van der Waals surface area (Å²) in [6.07, 6.45) is 0. The van der Waals surface area contributed by atoms with Gasteiger partial charge in [-0.1, -0.05) is 0 Å². The number of hydrogen-bond donors (Lipinski definition) is 1. The van der Waals surface area contributed by atoms with Gasteiger partial charge in [0.2, 0.25) is 5.89 Å². The minimum Gasteiger partial charge on any atom is -0.434 e. The fraction of sp³-hybridized carbons (Fsp3) is 0.143. The molecule has 4 heteroatoms. The minimum absolute atomic E-state index is 0.603. The molecule has 4 nitrogen and oxygen atoms in total. The average molecular weight is 239 g/mol. The average Bonchev–Trinajstić information content (AvgIpc) is 2.81. The maximum Gasteiger partial charge on any atom is 0.228 e. The molecule has 1 aromatic carbocycles. The minimum atomic E-state index is 0.603. The number of nitrogens with zero attached hydrogens (tertiary/aromatic N) is 2. The lowest BCUT2D eigenvalue weighted by Crippen LogP contribution is -1.86. The third-order valence-corrected chi connectivity index (χ3v) is 2.81. The van der Waals surface area contributed by atoms with Gasteiger partial charge in [0.15, 0.2) is 11.2 Å². The van der Waals surface area contributed by atoms with Crippen molar-refractivity contribution in [3.8, 4) is 11.5 Å². The maximum absolute atomic E-state index is 5.69. The number of aromatic nitrogens is 2. The number of pyridine rings is 1. The number of oxazole rings is 1. The van der Waals surface area contributed by atoms with Gasteiger partial charge < -0.3 is 9.73 Å². The van der Waals surface area contributed by atoms with Crippen LogP contribution in [-0.4, -0.2) is 17.0 Å². The van der Waals surface area contributed by atoms with E-state index in [1.807, 2.05) is 50.4 Å². The summed E-state index contributed by atoms with van der Waals surface area (Å²) in [5, 5.41) is 3.08. The van der Waals surface area contributed by atoms with Crippen LogP contribution in [0, 0.1) is 6.92 Å². The Bertz CT molecular complexity index is 686. The van der Waals surface area contributed by atoms with E-state index >= 15 is 0 Å². The van der Waals surface area contributed by atoms with Crippen LogP contribution in [-0.2, 0) is 0 Å². The molecule has 0 aliphatic heterocycles. The molecule has 0 amide bonds. The van der Waals surface area contributed by atoms with Gasteiger partial charge in [-0.05, 0) is 43.3 Å². The molecule has 2 heterocycles. The van der Waals surface area contributed by atoms with Crippen LogP contribution < -0.4 is 5.32 Å². The van der Waals surface area contributed by atoms with Gasteiger partial charge in [0.1, 0.15) is 0 Å². The van der Waals surface area contributed by atoms with Gasteiger partial charge in [-0.3, -0.25) is 0 Å². The summed E-state index contributed by atoms with van der Waals surface area (Å²) >= 11 is 0. The van der Waals surface area contributed by atoms with E-state index in [2.05, 4.69) is 15.3 Å². The van der Waals surface area contributed by atoms with E-state index in [1.165, 1.54) is 0 Å². The standard InChI is InChI=1S/C14H13N3O/c1-9-3-8-12-13(16-9)17-14(18-12)10-4-6-11(15-2)7-5-10/h3-8,15H,1-2H3. The first kappa shape index (κ1) is 10.8. The Balaban J connectivity index is 2.07. The number of benzene rings is 1. The lowest BCUT2D eigenvalue weighted by Gasteiger charge is -1.99. The lowest BCUT2D eigenvalue weighted by molar-refractivity contribution is 0.619. The molecular weight excluding hydrogens is 226 g/mol. The maximum atomic E-state index is 5.69. The summed E-state index contributed by atoms with van der Waals surface area (Å²) in [4.78, 5) is 8.74. The molecule has 90 valence electrons. The van der Waals surface area contributed by atoms with Crippen molar-refractivity contribution in [2.24, 2.45) is 0 Å². The quantitative estimate of drug-likeness (QED) is 0.745. The number of rotatable bonds is 2. The van der Waals surface area contributed by atoms with Crippen LogP contribution in [0.15, 0.2) is 40.8 Å². The summed E-state index contributed by atoms with van der Waals surface area (Å²) in [5.41, 5.74) is 4.32. The predicted octanol–water partition coefficient (Wildman–Crippen LogP) is 3.24. The van der Waals surface area contributed by atoms with Gasteiger partial charge >= 0.3 is 0 Å². The van der Waals surface area contributed by atoms with Crippen molar-refractivity contribution in [2.45, 2.75) is 6.92 Å². The molecule has 0 aliphatic carbocycles. The summed E-state index contributed by atoms with van der Waals surface area (Å²) in [6.45, 7) is 1.94. The van der Waals surface area contributed by atoms with Crippen LogP contribution in [0.5, 0.6) is 0 Å². The van der Waals surface area contributed by atoms with Gasteiger partial charge in [0, 0.05) is 24.0 Å². The van der Waals surface area contributed by atoms with Crippen molar-refractivity contribution in [1.82, 2.24) is 9.97 Å². The third kappa shape index (κ3) is 1.82. The SMILES string of the molecule is CNc1ccc(-c2nc3nc(C)ccc3o2)cc1. The molecule has 3 rings (SSSR count). The fourth-order valence-electron chi connectivity index (χ4n) is 1.82. The van der Waals surface area contributed by atoms with Crippen molar-refractivity contribution in [3.05, 3.63) is 42.1 Å². The molecule has 0 fully saturated rings. The Morgan fingerprint density at radius 1 is 1.00 bits per heavy atom. The molecule has 0 spiro atoms. The number of anilines is 1. The van der Waals surface area contributed by atoms with Gasteiger partial charge in [-0.25, -0.2) is 4.98 Å². The van der Waals surface area contributed by atoms with Crippen LogP contribution >= 0.6 is 0 Å². The van der Waals surface area contributed by atoms with Crippen molar-refractivity contribution in [1.29, 1.82) is 0 Å². The Morgan fingerprint density at radius 3 is 2.50 bits per heavy atom. The fourth-order valence-corrected chi connectivity index (χ4v) is 1.82. The summed E-state index contributed by atoms with van der Waals surface area (Å²) < 4.78 is 5.69. The zero-order chi connectivity index (χ0) is 12.5. The smallest absolute Gasteiger partial charge is 0.228 e. The van der Waals surface area contributed by atoms with Crippen molar-refractivity contribution < 1.29 is 4.42 Å². The van der Waals surface area contributed by atoms with Crippen LogP contribution in [0.1, 0.15) is 5.69 Å². The van der Waals surface area contributed by atoms with E-state index in [1.54, 1.807) is 0 Å². The second-order valence-electron chi connectivity index (χ2n) is 4.12. The van der Waals surface area contributed by atoms with E-state index in [4.69, 9.17) is 4.42 Å². The first-order chi connectivity index (χ1) is 8.76. The Morgan fingerprint density at radius 2 is 1.78 bits per heavy atom. The highest BCUT2D eigenvalue weighted by atomic mass is 16.3. The number of fused-ring (bicyclic) bond motifs is 1. The first-order valence-electron chi connectivity index (χ1n) is 5.78. The monoisotopic (exact) mass is 239 g/mol. The second-order valence-corrected chi connectivity index (χ2v) is 4.12. The van der Waals surface area contributed by atoms with E-state index in [0.717, 1.165) is 16.9 Å². The molecule has 0 saturated carbocycles. The molecule has 0 bridgehead atoms. The van der Waals surface area contributed by atoms with Crippen LogP contribution in [0.25, 0.3) is 22.7 Å². The second kappa shape index (κ2) is 4.14. The summed E-state index contributed by atoms with van der Waals surface area (Å²) in [6, 6.07) is 11.7. The Labute approximate surface area is 105 Å². The zero-order valence-corrected chi connectivity index (χ0v) is 10.3. The number of aryl methyl sites for hydroxylation is 1. The van der Waals surface area contributed by atoms with E-state index in [9.17, 15) is 0 Å². The van der Waals surface area contributed by atoms with Crippen molar-refractivity contribution in [2.75, 3.05) is 12.4 Å². The van der Waals surface area contributed by atoms with Crippen LogP contribution in [0.2, 0.25) is 0 Å². The lowest BCUT2D eigenvalue weighted by atomic mass is 10.2. The largest absolute Gasteiger partial charge is 0.434 e. The van der Waals surface area contributed by atoms with Gasteiger partial charge in [0.25, 0.3) is 0 Å². The van der Waals surface area contributed by atoms with Crippen molar-refractivity contribution >= 4 is 16.9 Å². The molecule has 0 atom stereocenters. The summed E-state index contributed by atoms with van der Waals surface area (Å²) in [7, 11) is 1.89. The highest BCUT2D eigenvalue weighted by molar-refractivity contribution is 5.72. The number of nitrogens with one attached hydrogen (secondary N) is 1. The van der Waals surface area contributed by atoms with Gasteiger partial charge in [-0.15, -0.1) is 0 Å². The van der Waals surface area contributed by atoms with E-state index in [0.29, 0.717) is 17.1 Å². The molecular formula is C14H13N3O. The molecule has 0 unspecified atom stereocenters. The Hall–Kier alpha value is -2.36. The molecule has 0 radical (unpaired) electrons. The third-order valence-electron chi connectivity index (χ3n) is 2.81.